The van der Waals surface area contributed by atoms with Crippen LogP contribution in [0.2, 0.25) is 0 Å². The Balaban J connectivity index is 2.39. The van der Waals surface area contributed by atoms with Gasteiger partial charge in [0.05, 0.1) is 17.8 Å². The van der Waals surface area contributed by atoms with Crippen molar-refractivity contribution in [2.45, 2.75) is 6.18 Å². The van der Waals surface area contributed by atoms with Crippen molar-refractivity contribution < 1.29 is 23.1 Å². The summed E-state index contributed by atoms with van der Waals surface area (Å²) in [6.45, 7) is 0. The maximum absolute atomic E-state index is 13.1. The van der Waals surface area contributed by atoms with E-state index in [9.17, 15) is 13.2 Å². The van der Waals surface area contributed by atoms with E-state index in [0.29, 0.717) is 5.56 Å². The van der Waals surface area contributed by atoms with Gasteiger partial charge >= 0.3 is 6.18 Å². The molecule has 0 saturated heterocycles. The molecule has 0 bridgehead atoms. The van der Waals surface area contributed by atoms with Crippen molar-refractivity contribution in [2.75, 3.05) is 0 Å². The molecule has 2 aromatic carbocycles. The van der Waals surface area contributed by atoms with Gasteiger partial charge in [0, 0.05) is 0 Å². The van der Waals surface area contributed by atoms with Crippen LogP contribution in [0.25, 0.3) is 0 Å². The molecule has 2 rings (SSSR count). The minimum Gasteiger partial charge on any atom is -0.457 e. The number of alkyl halides is 3. The van der Waals surface area contributed by atoms with Gasteiger partial charge in [-0.3, -0.25) is 0 Å². The zero-order valence-electron chi connectivity index (χ0n) is 11.0. The zero-order valence-corrected chi connectivity index (χ0v) is 11.0. The molecule has 1 N–H and O–H groups in total. The van der Waals surface area contributed by atoms with Crippen molar-refractivity contribution in [3.8, 4) is 17.6 Å². The van der Waals surface area contributed by atoms with Crippen LogP contribution in [0.4, 0.5) is 13.2 Å². The fourth-order valence-corrected chi connectivity index (χ4v) is 1.82. The quantitative estimate of drug-likeness (QED) is 0.525. The monoisotopic (exact) mass is 306 g/mol. The van der Waals surface area contributed by atoms with Crippen molar-refractivity contribution in [3.63, 3.8) is 0 Å². The Morgan fingerprint density at radius 2 is 1.82 bits per heavy atom. The van der Waals surface area contributed by atoms with E-state index in [0.717, 1.165) is 12.1 Å². The molecular formula is C15H9F3N2O2. The van der Waals surface area contributed by atoms with Crippen LogP contribution in [-0.4, -0.2) is 11.4 Å². The summed E-state index contributed by atoms with van der Waals surface area (Å²) in [4.78, 5) is 0. The van der Waals surface area contributed by atoms with Crippen molar-refractivity contribution >= 4 is 6.21 Å². The van der Waals surface area contributed by atoms with Gasteiger partial charge in [-0.15, -0.1) is 0 Å². The first-order chi connectivity index (χ1) is 10.5. The minimum absolute atomic E-state index is 0.163. The summed E-state index contributed by atoms with van der Waals surface area (Å²) < 4.78 is 44.5. The molecule has 4 nitrogen and oxygen atoms in total. The van der Waals surface area contributed by atoms with Gasteiger partial charge < -0.3 is 9.94 Å². The van der Waals surface area contributed by atoms with Gasteiger partial charge in [0.2, 0.25) is 0 Å². The van der Waals surface area contributed by atoms with Crippen LogP contribution >= 0.6 is 0 Å². The van der Waals surface area contributed by atoms with Crippen molar-refractivity contribution in [2.24, 2.45) is 5.16 Å². The maximum atomic E-state index is 13.1. The third kappa shape index (κ3) is 3.35. The molecule has 0 saturated carbocycles. The van der Waals surface area contributed by atoms with Crippen molar-refractivity contribution in [1.82, 2.24) is 0 Å². The summed E-state index contributed by atoms with van der Waals surface area (Å²) in [6, 6.07) is 10.9. The lowest BCUT2D eigenvalue weighted by molar-refractivity contribution is -0.138. The van der Waals surface area contributed by atoms with Gasteiger partial charge in [-0.25, -0.2) is 0 Å². The van der Waals surface area contributed by atoms with E-state index in [1.807, 2.05) is 0 Å². The molecule has 0 aliphatic heterocycles. The van der Waals surface area contributed by atoms with E-state index < -0.39 is 23.1 Å². The van der Waals surface area contributed by atoms with Gasteiger partial charge in [-0.1, -0.05) is 11.2 Å². The highest BCUT2D eigenvalue weighted by atomic mass is 19.4. The lowest BCUT2D eigenvalue weighted by atomic mass is 10.1. The second-order valence-corrected chi connectivity index (χ2v) is 4.20. The van der Waals surface area contributed by atoms with Gasteiger partial charge in [0.25, 0.3) is 0 Å². The molecule has 0 radical (unpaired) electrons. The Hall–Kier alpha value is -3.01. The molecule has 22 heavy (non-hydrogen) atoms. The summed E-state index contributed by atoms with van der Waals surface area (Å²) in [5.41, 5.74) is -1.07. The largest absolute Gasteiger partial charge is 0.457 e. The molecule has 0 fully saturated rings. The summed E-state index contributed by atoms with van der Waals surface area (Å²) in [5, 5.41) is 20.1. The molecule has 2 aromatic rings. The molecule has 0 unspecified atom stereocenters. The van der Waals surface area contributed by atoms with Crippen LogP contribution in [0.3, 0.4) is 0 Å². The van der Waals surface area contributed by atoms with Gasteiger partial charge in [-0.05, 0) is 42.0 Å². The van der Waals surface area contributed by atoms with Crippen molar-refractivity contribution in [3.05, 3.63) is 59.2 Å². The summed E-state index contributed by atoms with van der Waals surface area (Å²) in [7, 11) is 0. The van der Waals surface area contributed by atoms with E-state index in [2.05, 4.69) is 5.16 Å². The van der Waals surface area contributed by atoms with Crippen LogP contribution < -0.4 is 4.74 Å². The van der Waals surface area contributed by atoms with E-state index in [1.54, 1.807) is 0 Å². The van der Waals surface area contributed by atoms with Crippen LogP contribution in [0.15, 0.2) is 47.6 Å². The average molecular weight is 306 g/mol. The van der Waals surface area contributed by atoms with Gasteiger partial charge in [0.1, 0.15) is 17.1 Å². The Bertz CT molecular complexity index is 732. The molecular weight excluding hydrogens is 297 g/mol. The van der Waals surface area contributed by atoms with E-state index in [4.69, 9.17) is 15.2 Å². The SMILES string of the molecule is N#Cc1cccc(Oc2ccc(/C=N/O)cc2)c1C(F)(F)F. The predicted molar refractivity (Wildman–Crippen MR) is 72.1 cm³/mol. The normalized spacial score (nSPS) is 11.4. The predicted octanol–water partition coefficient (Wildman–Crippen LogP) is 4.18. The molecule has 0 heterocycles. The van der Waals surface area contributed by atoms with Gasteiger partial charge in [-0.2, -0.15) is 18.4 Å². The summed E-state index contributed by atoms with van der Waals surface area (Å²) >= 11 is 0. The van der Waals surface area contributed by atoms with E-state index in [1.165, 1.54) is 42.6 Å². The number of nitriles is 1. The Morgan fingerprint density at radius 1 is 1.14 bits per heavy atom. The fourth-order valence-electron chi connectivity index (χ4n) is 1.82. The first kappa shape index (κ1) is 15.4. The second kappa shape index (κ2) is 6.18. The highest BCUT2D eigenvalue weighted by molar-refractivity contribution is 5.79. The number of hydrogen-bond acceptors (Lipinski definition) is 4. The highest BCUT2D eigenvalue weighted by Crippen LogP contribution is 2.40. The Kier molecular flexibility index (Phi) is 4.32. The number of benzene rings is 2. The standard InChI is InChI=1S/C15H9F3N2O2/c16-15(17,18)14-11(8-19)2-1-3-13(14)22-12-6-4-10(5-7-12)9-20-21/h1-7,9,21H/b20-9+. The maximum Gasteiger partial charge on any atom is 0.421 e. The van der Waals surface area contributed by atoms with E-state index >= 15 is 0 Å². The third-order valence-corrected chi connectivity index (χ3v) is 2.74. The number of hydrogen-bond donors (Lipinski definition) is 1. The topological polar surface area (TPSA) is 65.6 Å². The third-order valence-electron chi connectivity index (χ3n) is 2.74. The average Bonchev–Trinajstić information content (AvgIpc) is 2.48. The first-order valence-corrected chi connectivity index (χ1v) is 6.01. The number of ether oxygens (including phenoxy) is 1. The molecule has 0 amide bonds. The number of rotatable bonds is 3. The van der Waals surface area contributed by atoms with Gasteiger partial charge in [0.15, 0.2) is 0 Å². The van der Waals surface area contributed by atoms with Crippen LogP contribution in [0.5, 0.6) is 11.5 Å². The molecule has 0 aliphatic carbocycles. The number of oxime groups is 1. The minimum atomic E-state index is -4.70. The Morgan fingerprint density at radius 3 is 2.36 bits per heavy atom. The fraction of sp³-hybridized carbons (Fsp3) is 0.0667. The molecule has 7 heteroatoms. The highest BCUT2D eigenvalue weighted by Gasteiger charge is 2.37. The van der Waals surface area contributed by atoms with Crippen LogP contribution in [0, 0.1) is 11.3 Å². The lowest BCUT2D eigenvalue weighted by Crippen LogP contribution is -2.09. The lowest BCUT2D eigenvalue weighted by Gasteiger charge is -2.15. The molecule has 0 aromatic heterocycles. The Labute approximate surface area is 123 Å². The number of halogens is 3. The molecule has 112 valence electrons. The molecule has 0 aliphatic rings. The summed E-state index contributed by atoms with van der Waals surface area (Å²) in [5.74, 6) is -0.286. The summed E-state index contributed by atoms with van der Waals surface area (Å²) in [6.07, 6.45) is -3.54. The second-order valence-electron chi connectivity index (χ2n) is 4.20. The van der Waals surface area contributed by atoms with Crippen LogP contribution in [0.1, 0.15) is 16.7 Å². The molecule has 0 spiro atoms. The first-order valence-electron chi connectivity index (χ1n) is 6.01. The molecule has 0 atom stereocenters. The smallest absolute Gasteiger partial charge is 0.421 e. The van der Waals surface area contributed by atoms with Crippen LogP contribution in [-0.2, 0) is 6.18 Å². The van der Waals surface area contributed by atoms with Crippen molar-refractivity contribution in [1.29, 1.82) is 5.26 Å². The number of nitrogens with zero attached hydrogens (tertiary/aromatic N) is 2. The zero-order chi connectivity index (χ0) is 16.2. The van der Waals surface area contributed by atoms with E-state index in [-0.39, 0.29) is 5.75 Å².